The van der Waals surface area contributed by atoms with E-state index < -0.39 is 5.97 Å². The van der Waals surface area contributed by atoms with E-state index in [9.17, 15) is 14.4 Å². The summed E-state index contributed by atoms with van der Waals surface area (Å²) in [5.41, 5.74) is 2.92. The second-order valence-corrected chi connectivity index (χ2v) is 8.16. The minimum Gasteiger partial charge on any atom is -0.482 e. The number of hydrogen-bond donors (Lipinski definition) is 1. The number of benzene rings is 2. The highest BCUT2D eigenvalue weighted by Crippen LogP contribution is 2.29. The van der Waals surface area contributed by atoms with E-state index >= 15 is 0 Å². The molecule has 1 heterocycles. The first kappa shape index (κ1) is 20.4. The van der Waals surface area contributed by atoms with Gasteiger partial charge in [-0.05, 0) is 55.3 Å². The molecule has 0 unspecified atom stereocenters. The number of ether oxygens (including phenoxy) is 2. The van der Waals surface area contributed by atoms with Gasteiger partial charge in [0.15, 0.2) is 19.0 Å². The van der Waals surface area contributed by atoms with Gasteiger partial charge in [0.05, 0.1) is 11.4 Å². The Morgan fingerprint density at radius 2 is 2.00 bits per heavy atom. The molecule has 8 heteroatoms. The highest BCUT2D eigenvalue weighted by molar-refractivity contribution is 9.10. The van der Waals surface area contributed by atoms with Crippen LogP contribution in [0.25, 0.3) is 0 Å². The molecule has 1 aliphatic rings. The number of nitrogens with one attached hydrogen (secondary N) is 1. The topological polar surface area (TPSA) is 81.7 Å². The number of hydrogen-bond acceptors (Lipinski definition) is 6. The predicted octanol–water partition coefficient (Wildman–Crippen LogP) is 3.92. The fraction of sp³-hybridized carbons (Fsp3) is 0.250. The van der Waals surface area contributed by atoms with Crippen LogP contribution in [0.4, 0.5) is 5.69 Å². The van der Waals surface area contributed by atoms with Crippen molar-refractivity contribution >= 4 is 51.0 Å². The lowest BCUT2D eigenvalue weighted by Gasteiger charge is -2.18. The Bertz CT molecular complexity index is 960. The molecule has 0 radical (unpaired) electrons. The third-order valence-electron chi connectivity index (χ3n) is 4.10. The van der Waals surface area contributed by atoms with Crippen LogP contribution in [0, 0.1) is 13.8 Å². The van der Waals surface area contributed by atoms with Gasteiger partial charge >= 0.3 is 5.97 Å². The lowest BCUT2D eigenvalue weighted by Crippen LogP contribution is -2.25. The molecule has 1 amide bonds. The maximum absolute atomic E-state index is 12.3. The summed E-state index contributed by atoms with van der Waals surface area (Å²) < 4.78 is 11.4. The van der Waals surface area contributed by atoms with Crippen LogP contribution in [0.1, 0.15) is 21.5 Å². The molecule has 0 saturated heterocycles. The molecule has 1 N–H and O–H groups in total. The number of Topliss-reactive ketones (excluding diaryl/α,β-unsaturated/α-hetero) is 1. The smallest absolute Gasteiger partial charge is 0.316 e. The average molecular weight is 464 g/mol. The molecule has 0 aliphatic carbocycles. The highest BCUT2D eigenvalue weighted by atomic mass is 79.9. The van der Waals surface area contributed by atoms with Gasteiger partial charge in [0.1, 0.15) is 5.75 Å². The summed E-state index contributed by atoms with van der Waals surface area (Å²) in [4.78, 5) is 36.7. The second-order valence-electron chi connectivity index (χ2n) is 6.29. The minimum absolute atomic E-state index is 0.0487. The Hall–Kier alpha value is -2.32. The molecular weight excluding hydrogens is 446 g/mol. The molecule has 146 valence electrons. The van der Waals surface area contributed by atoms with E-state index in [0.29, 0.717) is 17.0 Å². The third-order valence-corrected chi connectivity index (χ3v) is 6.09. The lowest BCUT2D eigenvalue weighted by atomic mass is 10.1. The number of amides is 1. The van der Waals surface area contributed by atoms with Crippen LogP contribution in [0.2, 0.25) is 0 Å². The van der Waals surface area contributed by atoms with Gasteiger partial charge in [-0.15, -0.1) is 11.8 Å². The number of esters is 1. The Kier molecular flexibility index (Phi) is 6.41. The standard InChI is InChI=1S/C20H18BrNO5S/c1-11-6-18(12(2)5-14(11)21)28-10-20(25)27-8-16(23)13-3-4-17-15(7-13)22-19(24)9-26-17/h3-7H,8-10H2,1-2H3,(H,22,24). The second kappa shape index (κ2) is 8.79. The SMILES string of the molecule is Cc1cc(SCC(=O)OCC(=O)c2ccc3c(c2)NC(=O)CO3)c(C)cc1Br. The van der Waals surface area contributed by atoms with Crippen molar-refractivity contribution in [1.29, 1.82) is 0 Å². The maximum atomic E-state index is 12.3. The van der Waals surface area contributed by atoms with Crippen LogP contribution in [0.15, 0.2) is 39.7 Å². The molecule has 0 bridgehead atoms. The first-order valence-corrected chi connectivity index (χ1v) is 10.3. The Morgan fingerprint density at radius 3 is 2.79 bits per heavy atom. The van der Waals surface area contributed by atoms with Crippen LogP contribution in [0.5, 0.6) is 5.75 Å². The Labute approximate surface area is 175 Å². The van der Waals surface area contributed by atoms with Crippen LogP contribution < -0.4 is 10.1 Å². The number of anilines is 1. The van der Waals surface area contributed by atoms with Crippen LogP contribution in [-0.2, 0) is 14.3 Å². The van der Waals surface area contributed by atoms with Gasteiger partial charge in [-0.3, -0.25) is 14.4 Å². The molecule has 6 nitrogen and oxygen atoms in total. The van der Waals surface area contributed by atoms with Crippen LogP contribution >= 0.6 is 27.7 Å². The van der Waals surface area contributed by atoms with Crippen molar-refractivity contribution in [2.24, 2.45) is 0 Å². The number of carbonyl (C=O) groups is 3. The summed E-state index contributed by atoms with van der Waals surface area (Å²) in [5.74, 6) is -0.475. The lowest BCUT2D eigenvalue weighted by molar-refractivity contribution is -0.139. The summed E-state index contributed by atoms with van der Waals surface area (Å²) >= 11 is 4.85. The Morgan fingerprint density at radius 1 is 1.21 bits per heavy atom. The van der Waals surface area contributed by atoms with Crippen molar-refractivity contribution in [3.8, 4) is 5.75 Å². The molecule has 0 spiro atoms. The molecule has 2 aromatic carbocycles. The van der Waals surface area contributed by atoms with Crippen molar-refractivity contribution in [1.82, 2.24) is 0 Å². The number of halogens is 1. The van der Waals surface area contributed by atoms with E-state index in [2.05, 4.69) is 21.2 Å². The quantitative estimate of drug-likeness (QED) is 0.397. The first-order chi connectivity index (χ1) is 13.3. The summed E-state index contributed by atoms with van der Waals surface area (Å²) in [7, 11) is 0. The van der Waals surface area contributed by atoms with E-state index in [1.807, 2.05) is 26.0 Å². The van der Waals surface area contributed by atoms with E-state index in [4.69, 9.17) is 9.47 Å². The number of aryl methyl sites for hydroxylation is 2. The van der Waals surface area contributed by atoms with E-state index in [1.54, 1.807) is 12.1 Å². The molecule has 0 fully saturated rings. The highest BCUT2D eigenvalue weighted by Gasteiger charge is 2.18. The first-order valence-electron chi connectivity index (χ1n) is 8.48. The van der Waals surface area contributed by atoms with Crippen molar-refractivity contribution in [3.63, 3.8) is 0 Å². The van der Waals surface area contributed by atoms with Crippen molar-refractivity contribution in [3.05, 3.63) is 51.5 Å². The van der Waals surface area contributed by atoms with E-state index in [1.165, 1.54) is 17.8 Å². The monoisotopic (exact) mass is 463 g/mol. The zero-order valence-corrected chi connectivity index (χ0v) is 17.7. The Balaban J connectivity index is 1.53. The van der Waals surface area contributed by atoms with Gasteiger partial charge in [-0.25, -0.2) is 0 Å². The summed E-state index contributed by atoms with van der Waals surface area (Å²) in [6.45, 7) is 3.55. The summed E-state index contributed by atoms with van der Waals surface area (Å²) in [6.07, 6.45) is 0. The molecule has 2 aromatic rings. The van der Waals surface area contributed by atoms with Crippen molar-refractivity contribution in [2.75, 3.05) is 24.3 Å². The van der Waals surface area contributed by atoms with Gasteiger partial charge in [-0.1, -0.05) is 15.9 Å². The predicted molar refractivity (Wildman–Crippen MR) is 110 cm³/mol. The largest absolute Gasteiger partial charge is 0.482 e. The molecule has 3 rings (SSSR count). The van der Waals surface area contributed by atoms with Crippen LogP contribution in [-0.4, -0.2) is 36.6 Å². The number of fused-ring (bicyclic) bond motifs is 1. The normalized spacial score (nSPS) is 12.6. The van der Waals surface area contributed by atoms with Gasteiger partial charge in [0.2, 0.25) is 0 Å². The summed E-state index contributed by atoms with van der Waals surface area (Å²) in [5, 5.41) is 2.64. The van der Waals surface area contributed by atoms with Crippen molar-refractivity contribution < 1.29 is 23.9 Å². The van der Waals surface area contributed by atoms with Crippen molar-refractivity contribution in [2.45, 2.75) is 18.7 Å². The van der Waals surface area contributed by atoms with E-state index in [0.717, 1.165) is 20.5 Å². The molecule has 0 atom stereocenters. The number of carbonyl (C=O) groups excluding carboxylic acids is 3. The maximum Gasteiger partial charge on any atom is 0.316 e. The molecule has 1 aliphatic heterocycles. The zero-order valence-electron chi connectivity index (χ0n) is 15.3. The summed E-state index contributed by atoms with van der Waals surface area (Å²) in [6, 6.07) is 8.72. The average Bonchev–Trinajstić information content (AvgIpc) is 2.67. The fourth-order valence-electron chi connectivity index (χ4n) is 2.57. The molecule has 0 aromatic heterocycles. The van der Waals surface area contributed by atoms with Crippen LogP contribution in [0.3, 0.4) is 0 Å². The molecule has 0 saturated carbocycles. The fourth-order valence-corrected chi connectivity index (χ4v) is 3.94. The minimum atomic E-state index is -0.465. The van der Waals surface area contributed by atoms with E-state index in [-0.39, 0.29) is 30.7 Å². The third kappa shape index (κ3) is 4.94. The molecular formula is C20H18BrNO5S. The number of ketones is 1. The zero-order chi connectivity index (χ0) is 20.3. The van der Waals surface area contributed by atoms with Gasteiger partial charge in [0.25, 0.3) is 5.91 Å². The van der Waals surface area contributed by atoms with Gasteiger partial charge < -0.3 is 14.8 Å². The molecule has 28 heavy (non-hydrogen) atoms. The number of rotatable bonds is 6. The van der Waals surface area contributed by atoms with Gasteiger partial charge in [-0.2, -0.15) is 0 Å². The number of thioether (sulfide) groups is 1. The van der Waals surface area contributed by atoms with Gasteiger partial charge in [0, 0.05) is 14.9 Å².